The molecule has 0 aromatic carbocycles. The maximum atomic E-state index is 11.6. The lowest BCUT2D eigenvalue weighted by Gasteiger charge is -2.22. The number of rotatable bonds is 3. The Balaban J connectivity index is 2.34. The maximum Gasteiger partial charge on any atom is 0.341 e. The summed E-state index contributed by atoms with van der Waals surface area (Å²) >= 11 is 1.83. The molecule has 17 heavy (non-hydrogen) atoms. The third kappa shape index (κ3) is 5.27. The number of aliphatic carboxylic acids is 1. The van der Waals surface area contributed by atoms with Gasteiger partial charge in [-0.15, -0.1) is 0 Å². The fourth-order valence-corrected chi connectivity index (χ4v) is 2.55. The Morgan fingerprint density at radius 1 is 1.47 bits per heavy atom. The average Bonchev–Trinajstić information content (AvgIpc) is 2.38. The molecule has 7 heteroatoms. The molecule has 1 aliphatic rings. The zero-order valence-corrected chi connectivity index (χ0v) is 10.9. The molecule has 98 valence electrons. The highest BCUT2D eigenvalue weighted by atomic mass is 32.2. The van der Waals surface area contributed by atoms with Crippen LogP contribution in [0.2, 0.25) is 0 Å². The molecule has 0 aromatic heterocycles. The molecule has 1 heterocycles. The van der Waals surface area contributed by atoms with E-state index in [1.54, 1.807) is 4.90 Å². The first-order valence-electron chi connectivity index (χ1n) is 5.43. The summed E-state index contributed by atoms with van der Waals surface area (Å²) in [5, 5.41) is 8.36. The summed E-state index contributed by atoms with van der Waals surface area (Å²) in [6.45, 7) is 5.08. The fraction of sp³-hybridized carbons (Fsp3) is 0.800. The van der Waals surface area contributed by atoms with Crippen LogP contribution in [0.5, 0.6) is 0 Å². The van der Waals surface area contributed by atoms with Crippen molar-refractivity contribution in [1.82, 2.24) is 10.4 Å². The second-order valence-corrected chi connectivity index (χ2v) is 6.24. The maximum absolute atomic E-state index is 11.6. The van der Waals surface area contributed by atoms with Gasteiger partial charge >= 0.3 is 12.0 Å². The molecule has 1 saturated heterocycles. The predicted molar refractivity (Wildman–Crippen MR) is 64.8 cm³/mol. The van der Waals surface area contributed by atoms with E-state index in [0.717, 1.165) is 12.2 Å². The molecular formula is C10H18N2O4S. The first-order chi connectivity index (χ1) is 7.91. The van der Waals surface area contributed by atoms with Crippen LogP contribution in [0, 0.1) is 0 Å². The minimum absolute atomic E-state index is 0.178. The molecule has 0 bridgehead atoms. The van der Waals surface area contributed by atoms with E-state index < -0.39 is 12.6 Å². The number of amides is 2. The van der Waals surface area contributed by atoms with Crippen molar-refractivity contribution in [3.63, 3.8) is 0 Å². The van der Waals surface area contributed by atoms with Gasteiger partial charge in [0.25, 0.3) is 0 Å². The van der Waals surface area contributed by atoms with Gasteiger partial charge in [-0.2, -0.15) is 11.8 Å². The third-order valence-electron chi connectivity index (χ3n) is 2.48. The summed E-state index contributed by atoms with van der Waals surface area (Å²) in [5.41, 5.74) is 2.14. The normalized spacial score (nSPS) is 19.5. The van der Waals surface area contributed by atoms with Crippen molar-refractivity contribution in [2.45, 2.75) is 25.0 Å². The SMILES string of the molecule is CC1(C)CCN(C(=O)NOCC(=O)O)CCS1. The molecule has 1 fully saturated rings. The van der Waals surface area contributed by atoms with Crippen molar-refractivity contribution in [2.24, 2.45) is 0 Å². The number of hydrogen-bond acceptors (Lipinski definition) is 4. The number of nitrogens with one attached hydrogen (secondary N) is 1. The summed E-state index contributed by atoms with van der Waals surface area (Å²) in [4.78, 5) is 28.0. The Labute approximate surface area is 105 Å². The van der Waals surface area contributed by atoms with Gasteiger partial charge < -0.3 is 10.0 Å². The first kappa shape index (κ1) is 14.1. The molecule has 1 aliphatic heterocycles. The Kier molecular flexibility index (Phi) is 5.07. The Hall–Kier alpha value is -0.950. The van der Waals surface area contributed by atoms with Gasteiger partial charge in [0.1, 0.15) is 0 Å². The lowest BCUT2D eigenvalue weighted by molar-refractivity contribution is -0.144. The van der Waals surface area contributed by atoms with Gasteiger partial charge in [-0.3, -0.25) is 4.84 Å². The van der Waals surface area contributed by atoms with Gasteiger partial charge in [-0.25, -0.2) is 15.1 Å². The molecule has 0 aliphatic carbocycles. The highest BCUT2D eigenvalue weighted by molar-refractivity contribution is 8.00. The molecular weight excluding hydrogens is 244 g/mol. The van der Waals surface area contributed by atoms with Gasteiger partial charge in [0.05, 0.1) is 0 Å². The van der Waals surface area contributed by atoms with Gasteiger partial charge in [0, 0.05) is 23.6 Å². The van der Waals surface area contributed by atoms with E-state index >= 15 is 0 Å². The van der Waals surface area contributed by atoms with E-state index in [2.05, 4.69) is 24.2 Å². The van der Waals surface area contributed by atoms with Crippen molar-refractivity contribution in [3.8, 4) is 0 Å². The Morgan fingerprint density at radius 2 is 2.18 bits per heavy atom. The van der Waals surface area contributed by atoms with E-state index in [1.165, 1.54) is 0 Å². The number of carboxylic acid groups (broad SMARTS) is 1. The number of carboxylic acids is 1. The lowest BCUT2D eigenvalue weighted by atomic mass is 10.1. The predicted octanol–water partition coefficient (Wildman–Crippen LogP) is 0.930. The molecule has 6 nitrogen and oxygen atoms in total. The van der Waals surface area contributed by atoms with E-state index in [4.69, 9.17) is 5.11 Å². The van der Waals surface area contributed by atoms with Crippen LogP contribution in [-0.2, 0) is 9.63 Å². The van der Waals surface area contributed by atoms with Crippen LogP contribution in [-0.4, -0.2) is 52.2 Å². The Morgan fingerprint density at radius 3 is 2.82 bits per heavy atom. The summed E-state index contributed by atoms with van der Waals surface area (Å²) in [6.07, 6.45) is 0.907. The van der Waals surface area contributed by atoms with Gasteiger partial charge in [0.2, 0.25) is 0 Å². The molecule has 1 rings (SSSR count). The monoisotopic (exact) mass is 262 g/mol. The number of urea groups is 1. The van der Waals surface area contributed by atoms with Crippen LogP contribution < -0.4 is 5.48 Å². The summed E-state index contributed by atoms with van der Waals surface area (Å²) in [5.74, 6) is -0.239. The molecule has 0 radical (unpaired) electrons. The fourth-order valence-electron chi connectivity index (χ4n) is 1.45. The second-order valence-electron chi connectivity index (χ2n) is 4.43. The highest BCUT2D eigenvalue weighted by Gasteiger charge is 2.25. The van der Waals surface area contributed by atoms with E-state index in [1.807, 2.05) is 11.8 Å². The van der Waals surface area contributed by atoms with Crippen LogP contribution >= 0.6 is 11.8 Å². The van der Waals surface area contributed by atoms with Gasteiger partial charge in [-0.1, -0.05) is 13.8 Å². The van der Waals surface area contributed by atoms with E-state index in [9.17, 15) is 9.59 Å². The largest absolute Gasteiger partial charge is 0.479 e. The molecule has 0 atom stereocenters. The zero-order chi connectivity index (χ0) is 12.9. The van der Waals surface area contributed by atoms with Crippen molar-refractivity contribution in [2.75, 3.05) is 25.4 Å². The van der Waals surface area contributed by atoms with Crippen LogP contribution in [0.3, 0.4) is 0 Å². The molecule has 0 spiro atoms. The van der Waals surface area contributed by atoms with Crippen LogP contribution in [0.1, 0.15) is 20.3 Å². The minimum Gasteiger partial charge on any atom is -0.479 e. The van der Waals surface area contributed by atoms with E-state index in [-0.39, 0.29) is 10.8 Å². The zero-order valence-electron chi connectivity index (χ0n) is 10.1. The van der Waals surface area contributed by atoms with Crippen molar-refractivity contribution >= 4 is 23.8 Å². The smallest absolute Gasteiger partial charge is 0.341 e. The molecule has 0 saturated carbocycles. The summed E-state index contributed by atoms with van der Waals surface area (Å²) in [6, 6.07) is -0.371. The highest BCUT2D eigenvalue weighted by Crippen LogP contribution is 2.30. The van der Waals surface area contributed by atoms with Gasteiger partial charge in [0.15, 0.2) is 6.61 Å². The van der Waals surface area contributed by atoms with Gasteiger partial charge in [-0.05, 0) is 6.42 Å². The average molecular weight is 262 g/mol. The number of thioether (sulfide) groups is 1. The third-order valence-corrected chi connectivity index (χ3v) is 3.85. The molecule has 2 amide bonds. The van der Waals surface area contributed by atoms with Crippen LogP contribution in [0.15, 0.2) is 0 Å². The number of carbonyl (C=O) groups excluding carboxylic acids is 1. The molecule has 0 unspecified atom stereocenters. The van der Waals surface area contributed by atoms with Crippen molar-refractivity contribution < 1.29 is 19.5 Å². The number of hydrogen-bond donors (Lipinski definition) is 2. The standard InChI is InChI=1S/C10H18N2O4S/c1-10(2)3-4-12(5-6-17-10)9(15)11-16-7-8(13)14/h3-7H2,1-2H3,(H,11,15)(H,13,14). The van der Waals surface area contributed by atoms with E-state index in [0.29, 0.717) is 13.1 Å². The molecule has 2 N–H and O–H groups in total. The van der Waals surface area contributed by atoms with Crippen LogP contribution in [0.25, 0.3) is 0 Å². The topological polar surface area (TPSA) is 78.9 Å². The van der Waals surface area contributed by atoms with Crippen LogP contribution in [0.4, 0.5) is 4.79 Å². The minimum atomic E-state index is -1.11. The van der Waals surface area contributed by atoms with Crippen molar-refractivity contribution in [3.05, 3.63) is 0 Å². The second kappa shape index (κ2) is 6.11. The number of carbonyl (C=O) groups is 2. The molecule has 0 aromatic rings. The lowest BCUT2D eigenvalue weighted by Crippen LogP contribution is -2.42. The number of hydroxylamine groups is 1. The first-order valence-corrected chi connectivity index (χ1v) is 6.42. The summed E-state index contributed by atoms with van der Waals surface area (Å²) < 4.78 is 0.178. The Bertz CT molecular complexity index is 296. The quantitative estimate of drug-likeness (QED) is 0.740. The number of nitrogens with zero attached hydrogens (tertiary/aromatic N) is 1. The summed E-state index contributed by atoms with van der Waals surface area (Å²) in [7, 11) is 0. The van der Waals surface area contributed by atoms with Crippen molar-refractivity contribution in [1.29, 1.82) is 0 Å².